The molecule has 1 N–H and O–H groups in total. The van der Waals surface area contributed by atoms with E-state index in [-0.39, 0.29) is 11.5 Å². The number of hydrogen-bond donors (Lipinski definition) is 1. The summed E-state index contributed by atoms with van der Waals surface area (Å²) in [4.78, 5) is 16.3. The molecule has 0 unspecified atom stereocenters. The van der Waals surface area contributed by atoms with Crippen LogP contribution in [0.15, 0.2) is 36.0 Å². The second-order valence-electron chi connectivity index (χ2n) is 5.82. The number of amides is 1. The minimum Gasteiger partial charge on any atom is -0.373 e. The molecule has 1 saturated heterocycles. The van der Waals surface area contributed by atoms with Crippen molar-refractivity contribution in [3.8, 4) is 6.07 Å². The van der Waals surface area contributed by atoms with Crippen molar-refractivity contribution in [3.63, 3.8) is 0 Å². The summed E-state index contributed by atoms with van der Waals surface area (Å²) in [5.74, 6) is 0.163. The predicted molar refractivity (Wildman–Crippen MR) is 97.0 cm³/mol. The molecule has 2 rings (SSSR count). The smallest absolute Gasteiger partial charge is 0.263 e. The highest BCUT2D eigenvalue weighted by Crippen LogP contribution is 2.18. The van der Waals surface area contributed by atoms with Gasteiger partial charge in [-0.25, -0.2) is 0 Å². The van der Waals surface area contributed by atoms with Crippen molar-refractivity contribution in [1.82, 2.24) is 10.2 Å². The van der Waals surface area contributed by atoms with Crippen LogP contribution in [0.25, 0.3) is 0 Å². The van der Waals surface area contributed by atoms with Crippen LogP contribution < -0.4 is 10.2 Å². The van der Waals surface area contributed by atoms with Gasteiger partial charge in [0.15, 0.2) is 0 Å². The van der Waals surface area contributed by atoms with Gasteiger partial charge in [-0.05, 0) is 31.0 Å². The van der Waals surface area contributed by atoms with Gasteiger partial charge in [-0.1, -0.05) is 12.1 Å². The van der Waals surface area contributed by atoms with Crippen LogP contribution in [-0.2, 0) is 4.79 Å². The molecule has 1 fully saturated rings. The third-order valence-corrected chi connectivity index (χ3v) is 4.22. The van der Waals surface area contributed by atoms with Crippen molar-refractivity contribution < 1.29 is 4.79 Å². The maximum Gasteiger partial charge on any atom is 0.263 e. The van der Waals surface area contributed by atoms with Gasteiger partial charge in [0.05, 0.1) is 0 Å². The summed E-state index contributed by atoms with van der Waals surface area (Å²) >= 11 is 5.58. The lowest BCUT2D eigenvalue weighted by atomic mass is 10.2. The Kier molecular flexibility index (Phi) is 6.95. The molecule has 1 heterocycles. The normalized spacial score (nSPS) is 15.1. The highest BCUT2D eigenvalue weighted by atomic mass is 35.5. The number of nitriles is 1. The van der Waals surface area contributed by atoms with Gasteiger partial charge >= 0.3 is 0 Å². The summed E-state index contributed by atoms with van der Waals surface area (Å²) in [6, 6.07) is 10.4. The Hall–Kier alpha value is -2.19. The predicted octanol–water partition coefficient (Wildman–Crippen LogP) is 2.27. The molecule has 24 heavy (non-hydrogen) atoms. The molecule has 0 saturated carbocycles. The highest BCUT2D eigenvalue weighted by molar-refractivity contribution is 6.17. The largest absolute Gasteiger partial charge is 0.373 e. The molecule has 0 radical (unpaired) electrons. The molecule has 0 bridgehead atoms. The third-order valence-electron chi connectivity index (χ3n) is 3.95. The zero-order chi connectivity index (χ0) is 17.4. The zero-order valence-electron chi connectivity index (χ0n) is 14.0. The van der Waals surface area contributed by atoms with Gasteiger partial charge in [0.25, 0.3) is 5.91 Å². The van der Waals surface area contributed by atoms with Crippen LogP contribution in [0, 0.1) is 18.3 Å². The Labute approximate surface area is 148 Å². The van der Waals surface area contributed by atoms with Gasteiger partial charge in [0, 0.05) is 50.5 Å². The summed E-state index contributed by atoms with van der Waals surface area (Å²) in [5.41, 5.74) is 2.61. The van der Waals surface area contributed by atoms with Crippen molar-refractivity contribution in [2.24, 2.45) is 0 Å². The fourth-order valence-electron chi connectivity index (χ4n) is 2.62. The van der Waals surface area contributed by atoms with Crippen LogP contribution in [-0.4, -0.2) is 49.4 Å². The number of hydrogen-bond acceptors (Lipinski definition) is 4. The van der Waals surface area contributed by atoms with Gasteiger partial charge in [0.2, 0.25) is 0 Å². The topological polar surface area (TPSA) is 59.4 Å². The molecule has 1 aromatic carbocycles. The van der Waals surface area contributed by atoms with Crippen LogP contribution >= 0.6 is 11.6 Å². The molecule has 1 aliphatic heterocycles. The number of halogens is 1. The van der Waals surface area contributed by atoms with Crippen LogP contribution in [0.5, 0.6) is 0 Å². The first-order valence-electron chi connectivity index (χ1n) is 8.16. The molecule has 0 aromatic heterocycles. The van der Waals surface area contributed by atoms with Gasteiger partial charge in [-0.15, -0.1) is 11.6 Å². The number of piperazine rings is 1. The van der Waals surface area contributed by atoms with Crippen LogP contribution in [0.3, 0.4) is 0 Å². The molecule has 1 aliphatic rings. The van der Waals surface area contributed by atoms with Crippen molar-refractivity contribution in [2.75, 3.05) is 43.5 Å². The maximum absolute atomic E-state index is 12.0. The standard InChI is InChI=1S/C18H23ClN4O/c1-15-4-2-5-17(12-15)23-10-8-22(9-11-23)14-16(13-20)18(24)21-7-3-6-19/h2,4-5,12,14H,3,6-11H2,1H3,(H,21,24)/b16-14-. The molecule has 0 spiro atoms. The first-order chi connectivity index (χ1) is 11.6. The minimum absolute atomic E-state index is 0.147. The van der Waals surface area contributed by atoms with Crippen molar-refractivity contribution >= 4 is 23.2 Å². The molecular weight excluding hydrogens is 324 g/mol. The quantitative estimate of drug-likeness (QED) is 0.371. The Morgan fingerprint density at radius 3 is 2.75 bits per heavy atom. The van der Waals surface area contributed by atoms with Crippen LogP contribution in [0.1, 0.15) is 12.0 Å². The molecule has 1 aromatic rings. The van der Waals surface area contributed by atoms with Gasteiger partial charge in [-0.3, -0.25) is 4.79 Å². The van der Waals surface area contributed by atoms with E-state index in [0.29, 0.717) is 18.8 Å². The van der Waals surface area contributed by atoms with E-state index in [0.717, 1.165) is 26.2 Å². The first kappa shape index (κ1) is 18.2. The average Bonchev–Trinajstić information content (AvgIpc) is 2.60. The number of rotatable bonds is 6. The fraction of sp³-hybridized carbons (Fsp3) is 0.444. The SMILES string of the molecule is Cc1cccc(N2CCN(/C=C(/C#N)C(=O)NCCCCl)CC2)c1. The van der Waals surface area contributed by atoms with Gasteiger partial charge < -0.3 is 15.1 Å². The third kappa shape index (κ3) is 5.17. The van der Waals surface area contributed by atoms with Crippen LogP contribution in [0.2, 0.25) is 0 Å². The van der Waals surface area contributed by atoms with E-state index in [9.17, 15) is 10.1 Å². The summed E-state index contributed by atoms with van der Waals surface area (Å²) in [6.45, 7) is 5.88. The summed E-state index contributed by atoms with van der Waals surface area (Å²) in [6.07, 6.45) is 2.37. The second kappa shape index (κ2) is 9.19. The van der Waals surface area contributed by atoms with Gasteiger partial charge in [0.1, 0.15) is 11.6 Å². The van der Waals surface area contributed by atoms with E-state index in [1.807, 2.05) is 11.0 Å². The molecule has 6 heteroatoms. The second-order valence-corrected chi connectivity index (χ2v) is 6.19. The summed E-state index contributed by atoms with van der Waals surface area (Å²) in [5, 5.41) is 11.9. The Morgan fingerprint density at radius 2 is 2.12 bits per heavy atom. The minimum atomic E-state index is -0.330. The Morgan fingerprint density at radius 1 is 1.38 bits per heavy atom. The van der Waals surface area contributed by atoms with E-state index in [1.165, 1.54) is 11.3 Å². The summed E-state index contributed by atoms with van der Waals surface area (Å²) in [7, 11) is 0. The number of anilines is 1. The summed E-state index contributed by atoms with van der Waals surface area (Å²) < 4.78 is 0. The number of nitrogens with zero attached hydrogens (tertiary/aromatic N) is 3. The number of aryl methyl sites for hydroxylation is 1. The fourth-order valence-corrected chi connectivity index (χ4v) is 2.75. The number of nitrogens with one attached hydrogen (secondary N) is 1. The number of carbonyl (C=O) groups is 1. The van der Waals surface area contributed by atoms with Gasteiger partial charge in [-0.2, -0.15) is 5.26 Å². The number of benzene rings is 1. The molecule has 0 aliphatic carbocycles. The van der Waals surface area contributed by atoms with Crippen molar-refractivity contribution in [1.29, 1.82) is 5.26 Å². The van der Waals surface area contributed by atoms with E-state index in [1.54, 1.807) is 6.20 Å². The molecule has 5 nitrogen and oxygen atoms in total. The lowest BCUT2D eigenvalue weighted by Crippen LogP contribution is -2.44. The van der Waals surface area contributed by atoms with E-state index in [2.05, 4.69) is 41.4 Å². The number of alkyl halides is 1. The molecule has 128 valence electrons. The molecular formula is C18H23ClN4O. The van der Waals surface area contributed by atoms with E-state index < -0.39 is 0 Å². The highest BCUT2D eigenvalue weighted by Gasteiger charge is 2.17. The first-order valence-corrected chi connectivity index (χ1v) is 8.69. The number of carbonyl (C=O) groups excluding carboxylic acids is 1. The van der Waals surface area contributed by atoms with Crippen LogP contribution in [0.4, 0.5) is 5.69 Å². The lowest BCUT2D eigenvalue weighted by Gasteiger charge is -2.35. The van der Waals surface area contributed by atoms with Crippen molar-refractivity contribution in [2.45, 2.75) is 13.3 Å². The zero-order valence-corrected chi connectivity index (χ0v) is 14.7. The Balaban J connectivity index is 1.90. The molecule has 1 amide bonds. The monoisotopic (exact) mass is 346 g/mol. The lowest BCUT2D eigenvalue weighted by molar-refractivity contribution is -0.117. The average molecular weight is 347 g/mol. The van der Waals surface area contributed by atoms with Crippen molar-refractivity contribution in [3.05, 3.63) is 41.6 Å². The van der Waals surface area contributed by atoms with E-state index in [4.69, 9.17) is 11.6 Å². The maximum atomic E-state index is 12.0. The van der Waals surface area contributed by atoms with E-state index >= 15 is 0 Å². The molecule has 0 atom stereocenters. The Bertz CT molecular complexity index is 630.